The number of hydrogen-bond donors (Lipinski definition) is 4. The van der Waals surface area contributed by atoms with E-state index in [0.717, 1.165) is 25.2 Å². The molecule has 4 N–H and O–H groups in total. The molecule has 8 nitrogen and oxygen atoms in total. The van der Waals surface area contributed by atoms with Crippen LogP contribution in [0.4, 0.5) is 4.79 Å². The molecule has 4 saturated carbocycles. The van der Waals surface area contributed by atoms with Gasteiger partial charge in [-0.25, -0.2) is 4.79 Å². The zero-order valence-corrected chi connectivity index (χ0v) is 14.8. The van der Waals surface area contributed by atoms with E-state index in [1.807, 2.05) is 0 Å². The van der Waals surface area contributed by atoms with Crippen LogP contribution in [0, 0.1) is 23.2 Å². The van der Waals surface area contributed by atoms with Gasteiger partial charge in [0.1, 0.15) is 6.04 Å². The summed E-state index contributed by atoms with van der Waals surface area (Å²) in [5.74, 6) is 2.15. The van der Waals surface area contributed by atoms with Gasteiger partial charge in [0.05, 0.1) is 11.5 Å². The molecule has 142 valence electrons. The first-order chi connectivity index (χ1) is 12.6. The number of carbonyl (C=O) groups excluding carboxylic acids is 3. The van der Waals surface area contributed by atoms with E-state index < -0.39 is 6.04 Å². The monoisotopic (exact) mass is 362 g/mol. The summed E-state index contributed by atoms with van der Waals surface area (Å²) in [5, 5.41) is 11.3. The van der Waals surface area contributed by atoms with Gasteiger partial charge in [-0.05, 0) is 49.9 Å². The molecule has 4 bridgehead atoms. The smallest absolute Gasteiger partial charge is 0.315 e. The van der Waals surface area contributed by atoms with Crippen LogP contribution in [0.15, 0.2) is 0 Å². The molecule has 0 aromatic heterocycles. The van der Waals surface area contributed by atoms with Gasteiger partial charge < -0.3 is 26.0 Å². The molecule has 6 rings (SSSR count). The molecule has 6 fully saturated rings. The van der Waals surface area contributed by atoms with Gasteiger partial charge in [-0.3, -0.25) is 9.59 Å². The second kappa shape index (κ2) is 5.84. The molecule has 26 heavy (non-hydrogen) atoms. The van der Waals surface area contributed by atoms with Gasteiger partial charge in [0.2, 0.25) is 11.8 Å². The summed E-state index contributed by atoms with van der Waals surface area (Å²) in [6, 6.07) is -0.717. The molecule has 0 aromatic rings. The minimum Gasteiger partial charge on any atom is -0.376 e. The third kappa shape index (κ3) is 2.49. The normalized spacial score (nSPS) is 45.0. The molecule has 4 aliphatic carbocycles. The first kappa shape index (κ1) is 16.4. The number of rotatable bonds is 5. The zero-order chi connectivity index (χ0) is 17.9. The maximum atomic E-state index is 12.8. The van der Waals surface area contributed by atoms with Crippen molar-refractivity contribution in [3.63, 3.8) is 0 Å². The van der Waals surface area contributed by atoms with E-state index in [2.05, 4.69) is 21.3 Å². The Morgan fingerprint density at radius 2 is 2.04 bits per heavy atom. The highest BCUT2D eigenvalue weighted by Crippen LogP contribution is 2.79. The number of nitrogens with one attached hydrogen (secondary N) is 4. The first-order valence-electron chi connectivity index (χ1n) is 9.81. The second-order valence-electron chi connectivity index (χ2n) is 8.63. The minimum absolute atomic E-state index is 0.0274. The van der Waals surface area contributed by atoms with Crippen LogP contribution >= 0.6 is 0 Å². The molecule has 0 aromatic carbocycles. The van der Waals surface area contributed by atoms with E-state index in [4.69, 9.17) is 4.74 Å². The predicted octanol–water partition coefficient (Wildman–Crippen LogP) is -0.506. The van der Waals surface area contributed by atoms with Gasteiger partial charge in [-0.15, -0.1) is 0 Å². The number of ether oxygens (including phenoxy) is 1. The van der Waals surface area contributed by atoms with Gasteiger partial charge in [-0.2, -0.15) is 0 Å². The van der Waals surface area contributed by atoms with Crippen LogP contribution in [0.5, 0.6) is 0 Å². The van der Waals surface area contributed by atoms with Crippen molar-refractivity contribution >= 4 is 17.8 Å². The Labute approximate surface area is 152 Å². The molecule has 4 amide bonds. The van der Waals surface area contributed by atoms with E-state index >= 15 is 0 Å². The summed E-state index contributed by atoms with van der Waals surface area (Å²) in [4.78, 5) is 36.0. The molecule has 5 atom stereocenters. The molecule has 2 saturated heterocycles. The lowest BCUT2D eigenvalue weighted by atomic mass is 9.99. The maximum absolute atomic E-state index is 12.8. The van der Waals surface area contributed by atoms with E-state index in [-0.39, 0.29) is 35.4 Å². The third-order valence-electron chi connectivity index (χ3n) is 7.22. The number of carbonyl (C=O) groups is 3. The van der Waals surface area contributed by atoms with E-state index in [1.54, 1.807) is 0 Å². The van der Waals surface area contributed by atoms with Crippen molar-refractivity contribution in [3.05, 3.63) is 0 Å². The minimum atomic E-state index is -0.527. The van der Waals surface area contributed by atoms with Crippen molar-refractivity contribution in [1.82, 2.24) is 21.3 Å². The van der Waals surface area contributed by atoms with Crippen molar-refractivity contribution in [2.75, 3.05) is 19.7 Å². The summed E-state index contributed by atoms with van der Waals surface area (Å²) in [6.45, 7) is 1.30. The highest BCUT2D eigenvalue weighted by atomic mass is 16.5. The van der Waals surface area contributed by atoms with Crippen LogP contribution in [0.3, 0.4) is 0 Å². The Morgan fingerprint density at radius 1 is 1.23 bits per heavy atom. The van der Waals surface area contributed by atoms with E-state index in [1.165, 1.54) is 12.8 Å². The lowest BCUT2D eigenvalue weighted by Gasteiger charge is -2.31. The summed E-state index contributed by atoms with van der Waals surface area (Å²) < 4.78 is 5.75. The number of amides is 4. The molecule has 6 aliphatic rings. The zero-order valence-electron chi connectivity index (χ0n) is 14.8. The van der Waals surface area contributed by atoms with Gasteiger partial charge in [-0.1, -0.05) is 0 Å². The number of hydrogen-bond acceptors (Lipinski definition) is 4. The van der Waals surface area contributed by atoms with Crippen LogP contribution in [-0.4, -0.2) is 55.7 Å². The van der Waals surface area contributed by atoms with Crippen LogP contribution in [0.25, 0.3) is 0 Å². The highest BCUT2D eigenvalue weighted by molar-refractivity contribution is 5.90. The molecule has 8 heteroatoms. The van der Waals surface area contributed by atoms with Crippen molar-refractivity contribution < 1.29 is 19.1 Å². The van der Waals surface area contributed by atoms with Crippen LogP contribution < -0.4 is 21.3 Å². The van der Waals surface area contributed by atoms with Gasteiger partial charge in [0, 0.05) is 25.7 Å². The fraction of sp³-hybridized carbons (Fsp3) is 0.833. The molecular weight excluding hydrogens is 336 g/mol. The van der Waals surface area contributed by atoms with E-state index in [9.17, 15) is 14.4 Å². The van der Waals surface area contributed by atoms with Crippen molar-refractivity contribution in [3.8, 4) is 0 Å². The Bertz CT molecular complexity index is 641. The van der Waals surface area contributed by atoms with Crippen LogP contribution in [-0.2, 0) is 14.3 Å². The lowest BCUT2D eigenvalue weighted by Crippen LogP contribution is -2.49. The fourth-order valence-corrected chi connectivity index (χ4v) is 5.97. The Morgan fingerprint density at radius 3 is 2.69 bits per heavy atom. The average molecular weight is 362 g/mol. The van der Waals surface area contributed by atoms with Gasteiger partial charge in [0.25, 0.3) is 0 Å². The standard InChI is InChI=1S/C18H26N4O4/c23-15(14-8-20-17(25)22-14)19-7-11-5-10(1-2-26-11)21-16(24)18-6-9-3-12(18)13(18)4-9/h9-14H,1-8H2,(H,19,23)(H,21,24)(H2,20,22,25)/t9?,10-,11-,12?,13?,14+,18?/m0/s1. The van der Waals surface area contributed by atoms with Crippen LogP contribution in [0.2, 0.25) is 0 Å². The SMILES string of the molecule is O=C1NC[C@H](C(=O)NC[C@@H]2C[C@@H](NC(=O)C34CC5CC3C4C5)CCO2)N1. The molecular formula is C18H26N4O4. The fourth-order valence-electron chi connectivity index (χ4n) is 5.97. The van der Waals surface area contributed by atoms with Crippen molar-refractivity contribution in [2.45, 2.75) is 50.3 Å². The van der Waals surface area contributed by atoms with Gasteiger partial charge in [0.15, 0.2) is 0 Å². The number of urea groups is 1. The summed E-state index contributed by atoms with van der Waals surface area (Å²) in [7, 11) is 0. The Balaban J connectivity index is 1.10. The largest absolute Gasteiger partial charge is 0.376 e. The predicted molar refractivity (Wildman–Crippen MR) is 91.0 cm³/mol. The topological polar surface area (TPSA) is 109 Å². The maximum Gasteiger partial charge on any atom is 0.315 e. The van der Waals surface area contributed by atoms with Crippen molar-refractivity contribution in [1.29, 1.82) is 0 Å². The lowest BCUT2D eigenvalue weighted by molar-refractivity contribution is -0.129. The summed E-state index contributed by atoms with van der Waals surface area (Å²) in [5.41, 5.74) is -0.0274. The summed E-state index contributed by atoms with van der Waals surface area (Å²) in [6.07, 6.45) is 5.05. The molecule has 2 unspecified atom stereocenters. The molecule has 2 heterocycles. The van der Waals surface area contributed by atoms with E-state index in [0.29, 0.717) is 31.5 Å². The third-order valence-corrected chi connectivity index (χ3v) is 7.22. The highest BCUT2D eigenvalue weighted by Gasteiger charge is 2.77. The van der Waals surface area contributed by atoms with Crippen molar-refractivity contribution in [2.24, 2.45) is 23.2 Å². The van der Waals surface area contributed by atoms with Crippen LogP contribution in [0.1, 0.15) is 32.1 Å². The quantitative estimate of drug-likeness (QED) is 0.528. The molecule has 0 spiro atoms. The Kier molecular flexibility index (Phi) is 3.67. The molecule has 2 aliphatic heterocycles. The molecule has 0 radical (unpaired) electrons. The second-order valence-corrected chi connectivity index (χ2v) is 8.63. The van der Waals surface area contributed by atoms with Gasteiger partial charge >= 0.3 is 6.03 Å². The Hall–Kier alpha value is -1.83. The average Bonchev–Trinajstić information content (AvgIpc) is 3.20. The summed E-state index contributed by atoms with van der Waals surface area (Å²) >= 11 is 0. The first-order valence-corrected chi connectivity index (χ1v) is 9.81.